The normalized spacial score (nSPS) is 11.3. The summed E-state index contributed by atoms with van der Waals surface area (Å²) >= 11 is 4.62. The minimum absolute atomic E-state index is 0.0376. The van der Waals surface area contributed by atoms with Crippen LogP contribution in [-0.2, 0) is 10.1 Å². The summed E-state index contributed by atoms with van der Waals surface area (Å²) in [5, 5.41) is 3.84. The SMILES string of the molecule is Cc1ccc(S(=O)(=O)Oc2cccc(/C=N/NC(N)=S)c2)cc1. The van der Waals surface area contributed by atoms with Crippen LogP contribution < -0.4 is 15.3 Å². The van der Waals surface area contributed by atoms with Gasteiger partial charge in [-0.1, -0.05) is 29.8 Å². The predicted molar refractivity (Wildman–Crippen MR) is 92.9 cm³/mol. The van der Waals surface area contributed by atoms with Crippen molar-refractivity contribution in [1.29, 1.82) is 0 Å². The van der Waals surface area contributed by atoms with E-state index < -0.39 is 10.1 Å². The summed E-state index contributed by atoms with van der Waals surface area (Å²) in [5.74, 6) is 0.185. The molecule has 0 heterocycles. The molecule has 3 N–H and O–H groups in total. The lowest BCUT2D eigenvalue weighted by Gasteiger charge is -2.07. The van der Waals surface area contributed by atoms with Gasteiger partial charge in [0.05, 0.1) is 6.21 Å². The lowest BCUT2D eigenvalue weighted by atomic mass is 10.2. The second-order valence-corrected chi connectivity index (χ2v) is 6.64. The number of nitrogens with one attached hydrogen (secondary N) is 1. The van der Waals surface area contributed by atoms with Gasteiger partial charge in [-0.3, -0.25) is 5.43 Å². The largest absolute Gasteiger partial charge is 0.379 e. The maximum atomic E-state index is 12.2. The number of hydrogen-bond acceptors (Lipinski definition) is 5. The van der Waals surface area contributed by atoms with Crippen LogP contribution in [0.3, 0.4) is 0 Å². The van der Waals surface area contributed by atoms with Crippen LogP contribution in [0.2, 0.25) is 0 Å². The molecule has 8 heteroatoms. The fourth-order valence-corrected chi connectivity index (χ4v) is 2.67. The van der Waals surface area contributed by atoms with Gasteiger partial charge >= 0.3 is 10.1 Å². The molecule has 0 unspecified atom stereocenters. The van der Waals surface area contributed by atoms with E-state index in [1.165, 1.54) is 24.4 Å². The molecule has 120 valence electrons. The Morgan fingerprint density at radius 3 is 2.61 bits per heavy atom. The number of aryl methyl sites for hydroxylation is 1. The Bertz CT molecular complexity index is 831. The molecule has 23 heavy (non-hydrogen) atoms. The van der Waals surface area contributed by atoms with Gasteiger partial charge in [0.15, 0.2) is 5.11 Å². The number of thiocarbonyl (C=S) groups is 1. The Labute approximate surface area is 140 Å². The fraction of sp³-hybridized carbons (Fsp3) is 0.0667. The highest BCUT2D eigenvalue weighted by Gasteiger charge is 2.16. The van der Waals surface area contributed by atoms with Crippen LogP contribution in [0.25, 0.3) is 0 Å². The van der Waals surface area contributed by atoms with Crippen LogP contribution >= 0.6 is 12.2 Å². The molecule has 0 aromatic heterocycles. The van der Waals surface area contributed by atoms with Gasteiger partial charge in [-0.05, 0) is 49.0 Å². The van der Waals surface area contributed by atoms with Crippen molar-refractivity contribution in [2.24, 2.45) is 10.8 Å². The van der Waals surface area contributed by atoms with Crippen molar-refractivity contribution >= 4 is 33.7 Å². The Balaban J connectivity index is 2.18. The summed E-state index contributed by atoms with van der Waals surface area (Å²) in [4.78, 5) is 0.0947. The third-order valence-electron chi connectivity index (χ3n) is 2.76. The number of hydrogen-bond donors (Lipinski definition) is 2. The molecule has 2 aromatic rings. The van der Waals surface area contributed by atoms with Gasteiger partial charge in [0.1, 0.15) is 10.6 Å². The molecule has 0 spiro atoms. The summed E-state index contributed by atoms with van der Waals surface area (Å²) in [7, 11) is -3.88. The van der Waals surface area contributed by atoms with Crippen molar-refractivity contribution in [3.05, 3.63) is 59.7 Å². The first-order valence-electron chi connectivity index (χ1n) is 6.56. The minimum atomic E-state index is -3.88. The molecule has 0 amide bonds. The Morgan fingerprint density at radius 2 is 1.96 bits per heavy atom. The molecule has 0 saturated carbocycles. The molecule has 0 radical (unpaired) electrons. The maximum absolute atomic E-state index is 12.2. The fourth-order valence-electron chi connectivity index (χ4n) is 1.70. The lowest BCUT2D eigenvalue weighted by Crippen LogP contribution is -2.23. The predicted octanol–water partition coefficient (Wildman–Crippen LogP) is 1.93. The summed E-state index contributed by atoms with van der Waals surface area (Å²) in [6.07, 6.45) is 1.45. The molecular weight excluding hydrogens is 334 g/mol. The monoisotopic (exact) mass is 349 g/mol. The first-order valence-corrected chi connectivity index (χ1v) is 8.38. The average Bonchev–Trinajstić information content (AvgIpc) is 2.47. The van der Waals surface area contributed by atoms with Gasteiger partial charge in [-0.2, -0.15) is 13.5 Å². The molecule has 0 aliphatic carbocycles. The first kappa shape index (κ1) is 16.9. The number of hydrazone groups is 1. The quantitative estimate of drug-likeness (QED) is 0.371. The van der Waals surface area contributed by atoms with Gasteiger partial charge in [-0.15, -0.1) is 0 Å². The van der Waals surface area contributed by atoms with Gasteiger partial charge in [0.2, 0.25) is 0 Å². The van der Waals surface area contributed by atoms with Crippen LogP contribution in [-0.4, -0.2) is 19.7 Å². The molecular formula is C15H15N3O3S2. The number of rotatable bonds is 5. The summed E-state index contributed by atoms with van der Waals surface area (Å²) in [6.45, 7) is 1.88. The minimum Gasteiger partial charge on any atom is -0.379 e. The molecule has 0 saturated heterocycles. The van der Waals surface area contributed by atoms with Gasteiger partial charge in [0.25, 0.3) is 0 Å². The van der Waals surface area contributed by atoms with Crippen LogP contribution in [0.4, 0.5) is 0 Å². The van der Waals surface area contributed by atoms with E-state index in [1.807, 2.05) is 6.92 Å². The van der Waals surface area contributed by atoms with Gasteiger partial charge in [0, 0.05) is 0 Å². The van der Waals surface area contributed by atoms with E-state index in [4.69, 9.17) is 9.92 Å². The van der Waals surface area contributed by atoms with Crippen LogP contribution in [0.1, 0.15) is 11.1 Å². The van der Waals surface area contributed by atoms with Crippen LogP contribution in [0.5, 0.6) is 5.75 Å². The standard InChI is InChI=1S/C15H15N3O3S2/c1-11-5-7-14(8-6-11)23(19,20)21-13-4-2-3-12(9-13)10-17-18-15(16)22/h2-10H,1H3,(H3,16,18,22)/b17-10+. The van der Waals surface area contributed by atoms with Crippen LogP contribution in [0, 0.1) is 6.92 Å². The smallest absolute Gasteiger partial charge is 0.339 e. The van der Waals surface area contributed by atoms with Crippen molar-refractivity contribution < 1.29 is 12.6 Å². The Hall–Kier alpha value is -2.45. The van der Waals surface area contributed by atoms with Crippen molar-refractivity contribution in [2.45, 2.75) is 11.8 Å². The molecule has 2 aromatic carbocycles. The molecule has 2 rings (SSSR count). The van der Waals surface area contributed by atoms with E-state index in [1.54, 1.807) is 30.3 Å². The molecule has 0 aliphatic rings. The number of nitrogens with two attached hydrogens (primary N) is 1. The Morgan fingerprint density at radius 1 is 1.26 bits per heavy atom. The number of benzene rings is 2. The van der Waals surface area contributed by atoms with Crippen molar-refractivity contribution in [3.8, 4) is 5.75 Å². The van der Waals surface area contributed by atoms with Gasteiger partial charge < -0.3 is 9.92 Å². The third kappa shape index (κ3) is 5.04. The molecule has 0 aliphatic heterocycles. The molecule has 0 bridgehead atoms. The highest BCUT2D eigenvalue weighted by Crippen LogP contribution is 2.19. The topological polar surface area (TPSA) is 93.8 Å². The second kappa shape index (κ2) is 7.21. The van der Waals surface area contributed by atoms with Crippen molar-refractivity contribution in [3.63, 3.8) is 0 Å². The average molecular weight is 349 g/mol. The van der Waals surface area contributed by atoms with Crippen molar-refractivity contribution in [1.82, 2.24) is 5.43 Å². The second-order valence-electron chi connectivity index (χ2n) is 4.66. The summed E-state index contributed by atoms with van der Waals surface area (Å²) in [6, 6.07) is 12.9. The van der Waals surface area contributed by atoms with Gasteiger partial charge in [-0.25, -0.2) is 0 Å². The molecule has 6 nitrogen and oxygen atoms in total. The molecule has 0 fully saturated rings. The summed E-state index contributed by atoms with van der Waals surface area (Å²) in [5.41, 5.74) is 9.25. The van der Waals surface area contributed by atoms with Crippen LogP contribution in [0.15, 0.2) is 58.5 Å². The van der Waals surface area contributed by atoms with E-state index in [0.29, 0.717) is 5.56 Å². The zero-order valence-electron chi connectivity index (χ0n) is 12.3. The Kier molecular flexibility index (Phi) is 5.30. The van der Waals surface area contributed by atoms with E-state index in [2.05, 4.69) is 22.7 Å². The third-order valence-corrected chi connectivity index (χ3v) is 4.11. The highest BCUT2D eigenvalue weighted by molar-refractivity contribution is 7.87. The van der Waals surface area contributed by atoms with E-state index in [0.717, 1.165) is 5.56 Å². The zero-order chi connectivity index (χ0) is 16.9. The van der Waals surface area contributed by atoms with E-state index in [9.17, 15) is 8.42 Å². The van der Waals surface area contributed by atoms with E-state index >= 15 is 0 Å². The zero-order valence-corrected chi connectivity index (χ0v) is 13.9. The molecule has 0 atom stereocenters. The summed E-state index contributed by atoms with van der Waals surface area (Å²) < 4.78 is 29.6. The maximum Gasteiger partial charge on any atom is 0.339 e. The number of nitrogens with zero attached hydrogens (tertiary/aromatic N) is 1. The van der Waals surface area contributed by atoms with E-state index in [-0.39, 0.29) is 15.8 Å². The first-order chi connectivity index (χ1) is 10.9. The lowest BCUT2D eigenvalue weighted by molar-refractivity contribution is 0.486. The van der Waals surface area contributed by atoms with Crippen molar-refractivity contribution in [2.75, 3.05) is 0 Å². The highest BCUT2D eigenvalue weighted by atomic mass is 32.2.